The van der Waals surface area contributed by atoms with Crippen molar-refractivity contribution in [1.29, 1.82) is 0 Å². The highest BCUT2D eigenvalue weighted by Gasteiger charge is 2.27. The fourth-order valence-corrected chi connectivity index (χ4v) is 2.49. The van der Waals surface area contributed by atoms with Gasteiger partial charge in [0.25, 0.3) is 0 Å². The summed E-state index contributed by atoms with van der Waals surface area (Å²) in [7, 11) is 0. The molecule has 2 aromatic rings. The molecule has 6 heteroatoms. The summed E-state index contributed by atoms with van der Waals surface area (Å²) in [5.41, 5.74) is 7.32. The number of piperazine rings is 1. The van der Waals surface area contributed by atoms with Crippen LogP contribution in [0.15, 0.2) is 30.6 Å². The van der Waals surface area contributed by atoms with Gasteiger partial charge in [0, 0.05) is 38.6 Å². The molecule has 1 aliphatic rings. The van der Waals surface area contributed by atoms with Gasteiger partial charge in [-0.2, -0.15) is 0 Å². The van der Waals surface area contributed by atoms with Crippen molar-refractivity contribution in [3.8, 4) is 0 Å². The van der Waals surface area contributed by atoms with Crippen LogP contribution in [0.4, 0.5) is 0 Å². The second kappa shape index (κ2) is 4.99. The van der Waals surface area contributed by atoms with Gasteiger partial charge < -0.3 is 15.5 Å². The Labute approximate surface area is 111 Å². The second-order valence-electron chi connectivity index (χ2n) is 4.79. The third-order valence-corrected chi connectivity index (χ3v) is 3.46. The smallest absolute Gasteiger partial charge is 0.236 e. The summed E-state index contributed by atoms with van der Waals surface area (Å²) >= 11 is 0. The number of hydrogen-bond acceptors (Lipinski definition) is 4. The number of nitrogens with zero attached hydrogens (tertiary/aromatic N) is 3. The van der Waals surface area contributed by atoms with E-state index in [0.717, 1.165) is 24.4 Å². The quantitative estimate of drug-likeness (QED) is 0.786. The molecule has 0 radical (unpaired) electrons. The molecule has 0 spiro atoms. The average molecular weight is 259 g/mol. The van der Waals surface area contributed by atoms with Crippen LogP contribution in [-0.4, -0.2) is 45.9 Å². The van der Waals surface area contributed by atoms with Crippen LogP contribution in [0.2, 0.25) is 0 Å². The van der Waals surface area contributed by atoms with E-state index in [0.29, 0.717) is 13.1 Å². The second-order valence-corrected chi connectivity index (χ2v) is 4.79. The van der Waals surface area contributed by atoms with Gasteiger partial charge in [0.1, 0.15) is 11.7 Å². The molecular formula is C13H17N5O. The first kappa shape index (κ1) is 12.1. The first-order valence-corrected chi connectivity index (χ1v) is 6.41. The lowest BCUT2D eigenvalue weighted by Gasteiger charge is -2.33. The molecule has 1 aliphatic heterocycles. The fourth-order valence-electron chi connectivity index (χ4n) is 2.49. The Kier molecular flexibility index (Phi) is 3.18. The van der Waals surface area contributed by atoms with E-state index in [1.165, 1.54) is 0 Å². The summed E-state index contributed by atoms with van der Waals surface area (Å²) in [5.74, 6) is -0.282. The zero-order valence-corrected chi connectivity index (χ0v) is 10.6. The topological polar surface area (TPSA) is 75.7 Å². The number of hydrogen-bond donors (Lipinski definition) is 2. The Morgan fingerprint density at radius 1 is 1.53 bits per heavy atom. The van der Waals surface area contributed by atoms with Gasteiger partial charge in [0.05, 0.1) is 5.69 Å². The van der Waals surface area contributed by atoms with Gasteiger partial charge in [0.2, 0.25) is 5.91 Å². The third-order valence-electron chi connectivity index (χ3n) is 3.46. The van der Waals surface area contributed by atoms with E-state index in [1.807, 2.05) is 35.0 Å². The van der Waals surface area contributed by atoms with Crippen LogP contribution in [0.5, 0.6) is 0 Å². The maximum atomic E-state index is 11.4. The molecule has 2 aromatic heterocycles. The van der Waals surface area contributed by atoms with Crippen LogP contribution in [-0.2, 0) is 11.3 Å². The SMILES string of the molecule is NC(=O)C1CNCCN1Cc1cn2ccccc2n1. The first-order chi connectivity index (χ1) is 9.24. The summed E-state index contributed by atoms with van der Waals surface area (Å²) < 4.78 is 1.98. The van der Waals surface area contributed by atoms with Crippen molar-refractivity contribution >= 4 is 11.6 Å². The Hall–Kier alpha value is -1.92. The van der Waals surface area contributed by atoms with Crippen molar-refractivity contribution < 1.29 is 4.79 Å². The predicted molar refractivity (Wildman–Crippen MR) is 71.5 cm³/mol. The number of carbonyl (C=O) groups is 1. The van der Waals surface area contributed by atoms with E-state index in [-0.39, 0.29) is 11.9 Å². The maximum Gasteiger partial charge on any atom is 0.236 e. The zero-order valence-electron chi connectivity index (χ0n) is 10.6. The Balaban J connectivity index is 1.80. The molecule has 1 fully saturated rings. The van der Waals surface area contributed by atoms with E-state index < -0.39 is 0 Å². The largest absolute Gasteiger partial charge is 0.368 e. The molecule has 19 heavy (non-hydrogen) atoms. The van der Waals surface area contributed by atoms with Gasteiger partial charge in [-0.1, -0.05) is 6.07 Å². The summed E-state index contributed by atoms with van der Waals surface area (Å²) in [6.07, 6.45) is 3.96. The van der Waals surface area contributed by atoms with Crippen LogP contribution < -0.4 is 11.1 Å². The van der Waals surface area contributed by atoms with E-state index in [1.54, 1.807) is 0 Å². The molecule has 3 rings (SSSR count). The lowest BCUT2D eigenvalue weighted by atomic mass is 10.1. The molecule has 3 N–H and O–H groups in total. The normalized spacial score (nSPS) is 20.7. The van der Waals surface area contributed by atoms with E-state index in [9.17, 15) is 4.79 Å². The number of carbonyl (C=O) groups excluding carboxylic acids is 1. The molecule has 0 aromatic carbocycles. The maximum absolute atomic E-state index is 11.4. The van der Waals surface area contributed by atoms with Crippen LogP contribution in [0, 0.1) is 0 Å². The number of aromatic nitrogens is 2. The number of amides is 1. The Morgan fingerprint density at radius 2 is 2.42 bits per heavy atom. The number of primary amides is 1. The number of nitrogens with one attached hydrogen (secondary N) is 1. The van der Waals surface area contributed by atoms with E-state index in [2.05, 4.69) is 15.2 Å². The van der Waals surface area contributed by atoms with E-state index in [4.69, 9.17) is 5.73 Å². The van der Waals surface area contributed by atoms with Crippen molar-refractivity contribution in [2.75, 3.05) is 19.6 Å². The van der Waals surface area contributed by atoms with Gasteiger partial charge >= 0.3 is 0 Å². The standard InChI is InChI=1S/C13H17N5O/c14-13(19)11-7-15-4-6-17(11)8-10-9-18-5-2-1-3-12(18)16-10/h1-3,5,9,11,15H,4,6-8H2,(H2,14,19). The van der Waals surface area contributed by atoms with Crippen LogP contribution in [0.3, 0.4) is 0 Å². The lowest BCUT2D eigenvalue weighted by molar-refractivity contribution is -0.124. The van der Waals surface area contributed by atoms with Crippen LogP contribution >= 0.6 is 0 Å². The van der Waals surface area contributed by atoms with Crippen molar-refractivity contribution in [3.05, 3.63) is 36.3 Å². The molecule has 0 bridgehead atoms. The molecule has 1 atom stereocenters. The summed E-state index contributed by atoms with van der Waals surface area (Å²) in [5, 5.41) is 3.19. The summed E-state index contributed by atoms with van der Waals surface area (Å²) in [6, 6.07) is 5.64. The Morgan fingerprint density at radius 3 is 3.21 bits per heavy atom. The van der Waals surface area contributed by atoms with Gasteiger partial charge in [-0.15, -0.1) is 0 Å². The fraction of sp³-hybridized carbons (Fsp3) is 0.385. The van der Waals surface area contributed by atoms with Crippen molar-refractivity contribution in [1.82, 2.24) is 19.6 Å². The van der Waals surface area contributed by atoms with Gasteiger partial charge in [-0.05, 0) is 12.1 Å². The van der Waals surface area contributed by atoms with Crippen molar-refractivity contribution in [2.45, 2.75) is 12.6 Å². The minimum atomic E-state index is -0.282. The molecule has 6 nitrogen and oxygen atoms in total. The molecular weight excluding hydrogens is 242 g/mol. The molecule has 1 saturated heterocycles. The highest BCUT2D eigenvalue weighted by atomic mass is 16.1. The zero-order chi connectivity index (χ0) is 13.2. The number of imidazole rings is 1. The van der Waals surface area contributed by atoms with Gasteiger partial charge in [0.15, 0.2) is 0 Å². The van der Waals surface area contributed by atoms with Crippen LogP contribution in [0.1, 0.15) is 5.69 Å². The predicted octanol–water partition coefficient (Wildman–Crippen LogP) is -0.407. The van der Waals surface area contributed by atoms with Gasteiger partial charge in [-0.25, -0.2) is 4.98 Å². The number of rotatable bonds is 3. The Bertz CT molecular complexity index is 560. The number of fused-ring (bicyclic) bond motifs is 1. The monoisotopic (exact) mass is 259 g/mol. The highest BCUT2D eigenvalue weighted by Crippen LogP contribution is 2.11. The van der Waals surface area contributed by atoms with Crippen molar-refractivity contribution in [3.63, 3.8) is 0 Å². The first-order valence-electron chi connectivity index (χ1n) is 6.41. The van der Waals surface area contributed by atoms with Crippen molar-refractivity contribution in [2.24, 2.45) is 5.73 Å². The van der Waals surface area contributed by atoms with Crippen LogP contribution in [0.25, 0.3) is 5.65 Å². The molecule has 1 amide bonds. The van der Waals surface area contributed by atoms with Gasteiger partial charge in [-0.3, -0.25) is 9.69 Å². The molecule has 3 heterocycles. The minimum absolute atomic E-state index is 0.251. The molecule has 0 saturated carbocycles. The molecule has 100 valence electrons. The summed E-state index contributed by atoms with van der Waals surface area (Å²) in [6.45, 7) is 2.94. The number of pyridine rings is 1. The minimum Gasteiger partial charge on any atom is -0.368 e. The van der Waals surface area contributed by atoms with E-state index >= 15 is 0 Å². The lowest BCUT2D eigenvalue weighted by Crippen LogP contribution is -2.56. The third kappa shape index (κ3) is 2.45. The summed E-state index contributed by atoms with van der Waals surface area (Å²) in [4.78, 5) is 18.1. The highest BCUT2D eigenvalue weighted by molar-refractivity contribution is 5.80. The molecule has 0 aliphatic carbocycles. The molecule has 1 unspecified atom stereocenters. The average Bonchev–Trinajstić information content (AvgIpc) is 2.81. The number of nitrogens with two attached hydrogens (primary N) is 1.